The number of hydrogen-bond acceptors (Lipinski definition) is 2. The molecule has 1 unspecified atom stereocenters. The molecule has 1 aromatic carbocycles. The maximum atomic E-state index is 13.3. The van der Waals surface area contributed by atoms with Crippen LogP contribution in [0.15, 0.2) is 35.9 Å². The summed E-state index contributed by atoms with van der Waals surface area (Å²) in [5.41, 5.74) is 4.51. The maximum absolute atomic E-state index is 13.3. The lowest BCUT2D eigenvalue weighted by Crippen LogP contribution is -2.35. The summed E-state index contributed by atoms with van der Waals surface area (Å²) in [6.07, 6.45) is 2.56. The average molecular weight is 208 g/mol. The predicted octanol–water partition coefficient (Wildman–Crippen LogP) is 2.17. The molecule has 3 heteroatoms. The molecule has 1 aromatic rings. The van der Waals surface area contributed by atoms with Gasteiger partial charge in [0.1, 0.15) is 5.82 Å². The molecule has 3 N–H and O–H groups in total. The molecule has 0 saturated heterocycles. The molecule has 0 aliphatic rings. The Hall–Kier alpha value is -1.19. The Morgan fingerprint density at radius 3 is 2.67 bits per heavy atom. The summed E-state index contributed by atoms with van der Waals surface area (Å²) < 4.78 is 13.3. The molecule has 82 valence electrons. The van der Waals surface area contributed by atoms with Crippen molar-refractivity contribution in [3.63, 3.8) is 0 Å². The quantitative estimate of drug-likeness (QED) is 0.452. The molecule has 2 nitrogen and oxygen atoms in total. The highest BCUT2D eigenvalue weighted by Gasteiger charge is 2.07. The molecule has 0 aliphatic carbocycles. The Labute approximate surface area is 90.0 Å². The van der Waals surface area contributed by atoms with Gasteiger partial charge in [-0.3, -0.25) is 11.3 Å². The van der Waals surface area contributed by atoms with Gasteiger partial charge in [0.15, 0.2) is 0 Å². The maximum Gasteiger partial charge on any atom is 0.126 e. The Morgan fingerprint density at radius 1 is 1.47 bits per heavy atom. The van der Waals surface area contributed by atoms with E-state index < -0.39 is 0 Å². The number of nitrogens with one attached hydrogen (secondary N) is 1. The van der Waals surface area contributed by atoms with Crippen LogP contribution >= 0.6 is 0 Å². The molecule has 1 atom stereocenters. The van der Waals surface area contributed by atoms with E-state index in [2.05, 4.69) is 5.43 Å². The zero-order chi connectivity index (χ0) is 11.3. The van der Waals surface area contributed by atoms with E-state index in [1.165, 1.54) is 6.07 Å². The minimum atomic E-state index is -0.181. The Balaban J connectivity index is 2.75. The summed E-state index contributed by atoms with van der Waals surface area (Å²) in [7, 11) is 0. The first kappa shape index (κ1) is 11.9. The lowest BCUT2D eigenvalue weighted by atomic mass is 10.0. The van der Waals surface area contributed by atoms with Gasteiger partial charge in [0.05, 0.1) is 0 Å². The average Bonchev–Trinajstić information content (AvgIpc) is 2.19. The van der Waals surface area contributed by atoms with Crippen molar-refractivity contribution in [3.05, 3.63) is 47.3 Å². The van der Waals surface area contributed by atoms with Crippen LogP contribution in [0.1, 0.15) is 19.4 Å². The third-order valence-electron chi connectivity index (χ3n) is 2.15. The van der Waals surface area contributed by atoms with Crippen LogP contribution < -0.4 is 11.3 Å². The van der Waals surface area contributed by atoms with Crippen LogP contribution in [0.5, 0.6) is 0 Å². The van der Waals surface area contributed by atoms with Gasteiger partial charge in [-0.05, 0) is 31.9 Å². The van der Waals surface area contributed by atoms with Crippen LogP contribution in [0.25, 0.3) is 0 Å². The second kappa shape index (κ2) is 5.63. The van der Waals surface area contributed by atoms with Crippen LogP contribution in [-0.4, -0.2) is 6.04 Å². The molecule has 0 radical (unpaired) electrons. The smallest absolute Gasteiger partial charge is 0.126 e. The van der Waals surface area contributed by atoms with Gasteiger partial charge >= 0.3 is 0 Å². The summed E-state index contributed by atoms with van der Waals surface area (Å²) in [6.45, 7) is 3.98. The van der Waals surface area contributed by atoms with E-state index in [4.69, 9.17) is 5.84 Å². The first-order chi connectivity index (χ1) is 7.13. The Kier molecular flexibility index (Phi) is 4.46. The van der Waals surface area contributed by atoms with Crippen LogP contribution in [0.4, 0.5) is 4.39 Å². The van der Waals surface area contributed by atoms with E-state index in [0.717, 1.165) is 5.57 Å². The van der Waals surface area contributed by atoms with Gasteiger partial charge in [-0.15, -0.1) is 0 Å². The minimum Gasteiger partial charge on any atom is -0.271 e. The van der Waals surface area contributed by atoms with Crippen molar-refractivity contribution in [2.75, 3.05) is 0 Å². The van der Waals surface area contributed by atoms with Crippen molar-refractivity contribution in [2.45, 2.75) is 26.3 Å². The zero-order valence-electron chi connectivity index (χ0n) is 9.13. The van der Waals surface area contributed by atoms with E-state index in [1.807, 2.05) is 26.0 Å². The number of hydrazine groups is 1. The standard InChI is InChI=1S/C12H17FN2/c1-9(2)7-11(15-14)8-10-5-3-4-6-12(10)13/h3-7,11,15H,8,14H2,1-2H3. The Bertz CT molecular complexity index is 343. The summed E-state index contributed by atoms with van der Waals surface area (Å²) in [5.74, 6) is 5.22. The van der Waals surface area contributed by atoms with Gasteiger partial charge in [0.2, 0.25) is 0 Å². The normalized spacial score (nSPS) is 12.3. The van der Waals surface area contributed by atoms with Crippen molar-refractivity contribution < 1.29 is 4.39 Å². The highest BCUT2D eigenvalue weighted by molar-refractivity contribution is 5.20. The third-order valence-corrected chi connectivity index (χ3v) is 2.15. The molecule has 15 heavy (non-hydrogen) atoms. The highest BCUT2D eigenvalue weighted by Crippen LogP contribution is 2.10. The van der Waals surface area contributed by atoms with Gasteiger partial charge in [-0.25, -0.2) is 4.39 Å². The molecule has 0 amide bonds. The van der Waals surface area contributed by atoms with E-state index in [1.54, 1.807) is 12.1 Å². The number of nitrogens with two attached hydrogens (primary N) is 1. The molecule has 0 aromatic heterocycles. The Morgan fingerprint density at radius 2 is 2.13 bits per heavy atom. The fraction of sp³-hybridized carbons (Fsp3) is 0.333. The van der Waals surface area contributed by atoms with Crippen molar-refractivity contribution in [1.82, 2.24) is 5.43 Å². The van der Waals surface area contributed by atoms with Crippen LogP contribution in [0.2, 0.25) is 0 Å². The summed E-state index contributed by atoms with van der Waals surface area (Å²) >= 11 is 0. The number of hydrogen-bond donors (Lipinski definition) is 2. The summed E-state index contributed by atoms with van der Waals surface area (Å²) in [6, 6.07) is 6.73. The number of allylic oxidation sites excluding steroid dienone is 1. The highest BCUT2D eigenvalue weighted by atomic mass is 19.1. The lowest BCUT2D eigenvalue weighted by Gasteiger charge is -2.12. The lowest BCUT2D eigenvalue weighted by molar-refractivity contribution is 0.569. The first-order valence-corrected chi connectivity index (χ1v) is 4.98. The van der Waals surface area contributed by atoms with Crippen LogP contribution in [0, 0.1) is 5.82 Å². The van der Waals surface area contributed by atoms with Gasteiger partial charge in [0.25, 0.3) is 0 Å². The monoisotopic (exact) mass is 208 g/mol. The topological polar surface area (TPSA) is 38.0 Å². The van der Waals surface area contributed by atoms with Crippen LogP contribution in [-0.2, 0) is 6.42 Å². The van der Waals surface area contributed by atoms with E-state index in [-0.39, 0.29) is 11.9 Å². The van der Waals surface area contributed by atoms with Crippen molar-refractivity contribution in [2.24, 2.45) is 5.84 Å². The SMILES string of the molecule is CC(C)=CC(Cc1ccccc1F)NN. The molecular weight excluding hydrogens is 191 g/mol. The molecule has 0 heterocycles. The van der Waals surface area contributed by atoms with E-state index >= 15 is 0 Å². The zero-order valence-corrected chi connectivity index (χ0v) is 9.13. The van der Waals surface area contributed by atoms with E-state index in [0.29, 0.717) is 12.0 Å². The van der Waals surface area contributed by atoms with Crippen molar-refractivity contribution in [1.29, 1.82) is 0 Å². The van der Waals surface area contributed by atoms with Gasteiger partial charge in [-0.1, -0.05) is 29.8 Å². The third kappa shape index (κ3) is 3.81. The van der Waals surface area contributed by atoms with Gasteiger partial charge in [-0.2, -0.15) is 0 Å². The number of benzene rings is 1. The molecule has 0 aliphatic heterocycles. The second-order valence-electron chi connectivity index (χ2n) is 3.81. The van der Waals surface area contributed by atoms with Gasteiger partial charge < -0.3 is 0 Å². The first-order valence-electron chi connectivity index (χ1n) is 4.98. The fourth-order valence-corrected chi connectivity index (χ4v) is 1.47. The molecule has 0 saturated carbocycles. The van der Waals surface area contributed by atoms with Crippen molar-refractivity contribution in [3.8, 4) is 0 Å². The molecule has 0 bridgehead atoms. The molecule has 1 rings (SSSR count). The minimum absolute atomic E-state index is 0.0214. The second-order valence-corrected chi connectivity index (χ2v) is 3.81. The van der Waals surface area contributed by atoms with Crippen molar-refractivity contribution >= 4 is 0 Å². The molecule has 0 fully saturated rings. The molecule has 0 spiro atoms. The largest absolute Gasteiger partial charge is 0.271 e. The van der Waals surface area contributed by atoms with E-state index in [9.17, 15) is 4.39 Å². The van der Waals surface area contributed by atoms with Gasteiger partial charge in [0, 0.05) is 6.04 Å². The number of halogens is 1. The fourth-order valence-electron chi connectivity index (χ4n) is 1.47. The predicted molar refractivity (Wildman–Crippen MR) is 60.6 cm³/mol. The summed E-state index contributed by atoms with van der Waals surface area (Å²) in [5, 5.41) is 0. The summed E-state index contributed by atoms with van der Waals surface area (Å²) in [4.78, 5) is 0. The van der Waals surface area contributed by atoms with Crippen LogP contribution in [0.3, 0.4) is 0 Å². The number of rotatable bonds is 4. The molecular formula is C12H17FN2.